The van der Waals surface area contributed by atoms with Crippen molar-refractivity contribution in [2.24, 2.45) is 0 Å². The number of aromatic nitrogens is 1. The van der Waals surface area contributed by atoms with Gasteiger partial charge in [-0.05, 0) is 52.2 Å². The first kappa shape index (κ1) is 19.0. The van der Waals surface area contributed by atoms with Gasteiger partial charge in [0.05, 0.1) is 11.1 Å². The third-order valence-corrected chi connectivity index (χ3v) is 6.60. The minimum absolute atomic E-state index is 0.0184. The summed E-state index contributed by atoms with van der Waals surface area (Å²) in [4.78, 5) is 17.5. The molecule has 0 aliphatic heterocycles. The van der Waals surface area contributed by atoms with Crippen molar-refractivity contribution in [3.8, 4) is 11.1 Å². The van der Waals surface area contributed by atoms with Gasteiger partial charge in [0, 0.05) is 26.3 Å². The fourth-order valence-corrected chi connectivity index (χ4v) is 4.93. The Kier molecular flexibility index (Phi) is 4.44. The molecule has 0 saturated carbocycles. The SMILES string of the molecule is O=C(c1ccc(Br)cc1)c1c2ccccc2c(-c2ccccc2)c2c1[nH]c1ccccc12. The minimum Gasteiger partial charge on any atom is -0.354 e. The second kappa shape index (κ2) is 7.47. The van der Waals surface area contributed by atoms with Crippen molar-refractivity contribution in [1.82, 2.24) is 4.98 Å². The molecular formula is C29H18BrNO. The zero-order chi connectivity index (χ0) is 21.7. The second-order valence-corrected chi connectivity index (χ2v) is 8.83. The van der Waals surface area contributed by atoms with Gasteiger partial charge in [-0.2, -0.15) is 0 Å². The van der Waals surface area contributed by atoms with Crippen molar-refractivity contribution in [2.45, 2.75) is 0 Å². The summed E-state index contributed by atoms with van der Waals surface area (Å²) < 4.78 is 0.953. The number of carbonyl (C=O) groups excluding carboxylic acids is 1. The highest BCUT2D eigenvalue weighted by molar-refractivity contribution is 9.10. The Morgan fingerprint density at radius 3 is 2.03 bits per heavy atom. The summed E-state index contributed by atoms with van der Waals surface area (Å²) in [5.41, 5.74) is 5.60. The number of rotatable bonds is 3. The summed E-state index contributed by atoms with van der Waals surface area (Å²) in [7, 11) is 0. The predicted octanol–water partition coefficient (Wildman–Crippen LogP) is 8.13. The quantitative estimate of drug-likeness (QED) is 0.257. The molecule has 152 valence electrons. The van der Waals surface area contributed by atoms with Crippen molar-refractivity contribution in [2.75, 3.05) is 0 Å². The van der Waals surface area contributed by atoms with E-state index in [1.165, 1.54) is 0 Å². The van der Waals surface area contributed by atoms with E-state index < -0.39 is 0 Å². The fraction of sp³-hybridized carbons (Fsp3) is 0. The largest absolute Gasteiger partial charge is 0.354 e. The third-order valence-electron chi connectivity index (χ3n) is 6.07. The van der Waals surface area contributed by atoms with Crippen molar-refractivity contribution in [3.63, 3.8) is 0 Å². The Hall–Kier alpha value is -3.69. The van der Waals surface area contributed by atoms with E-state index in [2.05, 4.69) is 75.5 Å². The molecule has 0 amide bonds. The van der Waals surface area contributed by atoms with Crippen LogP contribution in [0.3, 0.4) is 0 Å². The monoisotopic (exact) mass is 475 g/mol. The summed E-state index contributed by atoms with van der Waals surface area (Å²) in [6, 6.07) is 34.5. The number of carbonyl (C=O) groups is 1. The number of halogens is 1. The van der Waals surface area contributed by atoms with Crippen LogP contribution in [-0.2, 0) is 0 Å². The lowest BCUT2D eigenvalue weighted by Crippen LogP contribution is -2.04. The topological polar surface area (TPSA) is 32.9 Å². The molecule has 2 nitrogen and oxygen atoms in total. The molecule has 0 atom stereocenters. The van der Waals surface area contributed by atoms with Gasteiger partial charge in [-0.25, -0.2) is 0 Å². The van der Waals surface area contributed by atoms with E-state index in [9.17, 15) is 4.79 Å². The van der Waals surface area contributed by atoms with Gasteiger partial charge >= 0.3 is 0 Å². The lowest BCUT2D eigenvalue weighted by molar-refractivity contribution is 0.104. The molecule has 0 aliphatic rings. The number of hydrogen-bond donors (Lipinski definition) is 1. The van der Waals surface area contributed by atoms with Gasteiger partial charge < -0.3 is 4.98 Å². The summed E-state index contributed by atoms with van der Waals surface area (Å²) in [6.45, 7) is 0. The van der Waals surface area contributed by atoms with E-state index in [0.717, 1.165) is 48.2 Å². The van der Waals surface area contributed by atoms with Crippen LogP contribution < -0.4 is 0 Å². The summed E-state index contributed by atoms with van der Waals surface area (Å²) in [5.74, 6) is 0.0184. The van der Waals surface area contributed by atoms with Gasteiger partial charge in [-0.15, -0.1) is 0 Å². The lowest BCUT2D eigenvalue weighted by atomic mass is 9.88. The first-order valence-electron chi connectivity index (χ1n) is 10.5. The van der Waals surface area contributed by atoms with Crippen LogP contribution in [-0.4, -0.2) is 10.8 Å². The molecule has 1 N–H and O–H groups in total. The van der Waals surface area contributed by atoms with Crippen LogP contribution in [0.5, 0.6) is 0 Å². The van der Waals surface area contributed by atoms with Crippen molar-refractivity contribution < 1.29 is 4.79 Å². The Labute approximate surface area is 193 Å². The maximum atomic E-state index is 13.9. The van der Waals surface area contributed by atoms with Gasteiger partial charge in [0.25, 0.3) is 0 Å². The fourth-order valence-electron chi connectivity index (χ4n) is 4.66. The molecule has 0 saturated heterocycles. The van der Waals surface area contributed by atoms with Crippen LogP contribution in [0.4, 0.5) is 0 Å². The second-order valence-electron chi connectivity index (χ2n) is 7.92. The Morgan fingerprint density at radius 1 is 0.656 bits per heavy atom. The van der Waals surface area contributed by atoms with E-state index in [0.29, 0.717) is 11.1 Å². The molecule has 0 fully saturated rings. The van der Waals surface area contributed by atoms with Gasteiger partial charge in [0.1, 0.15) is 0 Å². The van der Waals surface area contributed by atoms with Crippen molar-refractivity contribution in [1.29, 1.82) is 0 Å². The zero-order valence-electron chi connectivity index (χ0n) is 17.1. The van der Waals surface area contributed by atoms with E-state index in [1.54, 1.807) is 0 Å². The molecule has 0 aliphatic carbocycles. The molecular weight excluding hydrogens is 458 g/mol. The number of ketones is 1. The van der Waals surface area contributed by atoms with E-state index >= 15 is 0 Å². The Balaban J connectivity index is 1.82. The smallest absolute Gasteiger partial charge is 0.195 e. The molecule has 3 heteroatoms. The van der Waals surface area contributed by atoms with E-state index in [-0.39, 0.29) is 5.78 Å². The average molecular weight is 476 g/mol. The number of fused-ring (bicyclic) bond motifs is 4. The molecule has 5 aromatic carbocycles. The average Bonchev–Trinajstić information content (AvgIpc) is 3.22. The number of para-hydroxylation sites is 1. The van der Waals surface area contributed by atoms with Crippen LogP contribution in [0.1, 0.15) is 15.9 Å². The van der Waals surface area contributed by atoms with Gasteiger partial charge in [-0.3, -0.25) is 4.79 Å². The predicted molar refractivity (Wildman–Crippen MR) is 136 cm³/mol. The highest BCUT2D eigenvalue weighted by atomic mass is 79.9. The molecule has 0 radical (unpaired) electrons. The maximum Gasteiger partial charge on any atom is 0.195 e. The normalized spacial score (nSPS) is 11.4. The molecule has 0 unspecified atom stereocenters. The molecule has 0 bridgehead atoms. The first-order valence-corrected chi connectivity index (χ1v) is 11.3. The highest BCUT2D eigenvalue weighted by Crippen LogP contribution is 2.43. The minimum atomic E-state index is 0.0184. The molecule has 6 rings (SSSR count). The standard InChI is InChI=1S/C29H18BrNO/c30-20-16-14-19(15-17-20)29(32)27-22-11-5-4-10-21(22)25(18-8-2-1-3-9-18)26-23-12-6-7-13-24(23)31-28(26)27/h1-17,31H. The summed E-state index contributed by atoms with van der Waals surface area (Å²) >= 11 is 3.47. The van der Waals surface area contributed by atoms with Crippen LogP contribution >= 0.6 is 15.9 Å². The molecule has 6 aromatic rings. The number of nitrogens with one attached hydrogen (secondary N) is 1. The number of aromatic amines is 1. The molecule has 0 spiro atoms. The van der Waals surface area contributed by atoms with Crippen molar-refractivity contribution in [3.05, 3.63) is 119 Å². The van der Waals surface area contributed by atoms with Crippen LogP contribution in [0, 0.1) is 0 Å². The van der Waals surface area contributed by atoms with Crippen LogP contribution in [0.25, 0.3) is 43.7 Å². The van der Waals surface area contributed by atoms with Gasteiger partial charge in [0.2, 0.25) is 0 Å². The molecule has 32 heavy (non-hydrogen) atoms. The van der Waals surface area contributed by atoms with Gasteiger partial charge in [-0.1, -0.05) is 88.7 Å². The number of H-pyrrole nitrogens is 1. The van der Waals surface area contributed by atoms with E-state index in [1.807, 2.05) is 48.5 Å². The summed E-state index contributed by atoms with van der Waals surface area (Å²) in [6.07, 6.45) is 0. The number of hydrogen-bond acceptors (Lipinski definition) is 1. The highest BCUT2D eigenvalue weighted by Gasteiger charge is 2.23. The van der Waals surface area contributed by atoms with Gasteiger partial charge in [0.15, 0.2) is 5.78 Å². The third kappa shape index (κ3) is 2.89. The molecule has 1 aromatic heterocycles. The van der Waals surface area contributed by atoms with Crippen LogP contribution in [0.2, 0.25) is 0 Å². The summed E-state index contributed by atoms with van der Waals surface area (Å²) in [5, 5.41) is 4.25. The Bertz CT molecular complexity index is 1630. The number of benzene rings is 5. The van der Waals surface area contributed by atoms with E-state index in [4.69, 9.17) is 0 Å². The zero-order valence-corrected chi connectivity index (χ0v) is 18.7. The maximum absolute atomic E-state index is 13.9. The first-order chi connectivity index (χ1) is 15.7. The Morgan fingerprint density at radius 2 is 1.28 bits per heavy atom. The van der Waals surface area contributed by atoms with Crippen molar-refractivity contribution >= 4 is 54.3 Å². The lowest BCUT2D eigenvalue weighted by Gasteiger charge is -2.15. The molecule has 1 heterocycles. The van der Waals surface area contributed by atoms with Crippen LogP contribution in [0.15, 0.2) is 108 Å².